The zero-order chi connectivity index (χ0) is 11.3. The number of halogens is 3. The van der Waals surface area contributed by atoms with Crippen LogP contribution in [0.1, 0.15) is 24.6 Å². The Kier molecular flexibility index (Phi) is 2.57. The molecule has 2 aromatic rings. The molecule has 1 aromatic heterocycles. The van der Waals surface area contributed by atoms with Crippen molar-refractivity contribution < 1.29 is 0 Å². The zero-order valence-electron chi connectivity index (χ0n) is 8.17. The van der Waals surface area contributed by atoms with Gasteiger partial charge in [-0.2, -0.15) is 0 Å². The van der Waals surface area contributed by atoms with Crippen molar-refractivity contribution in [3.8, 4) is 0 Å². The van der Waals surface area contributed by atoms with E-state index < -0.39 is 0 Å². The van der Waals surface area contributed by atoms with E-state index in [1.165, 1.54) is 12.8 Å². The van der Waals surface area contributed by atoms with Crippen LogP contribution in [0, 0.1) is 0 Å². The van der Waals surface area contributed by atoms with E-state index in [0.717, 1.165) is 21.3 Å². The molecule has 0 bridgehead atoms. The predicted molar refractivity (Wildman–Crippen MR) is 69.2 cm³/mol. The number of aromatic nitrogens is 2. The molecule has 0 spiro atoms. The van der Waals surface area contributed by atoms with Crippen LogP contribution in [0.25, 0.3) is 10.9 Å². The van der Waals surface area contributed by atoms with E-state index in [0.29, 0.717) is 16.0 Å². The zero-order valence-corrected chi connectivity index (χ0v) is 11.3. The largest absolute Gasteiger partial charge is 0.231 e. The summed E-state index contributed by atoms with van der Waals surface area (Å²) in [6, 6.07) is 3.53. The minimum atomic E-state index is 0.507. The highest BCUT2D eigenvalue weighted by Gasteiger charge is 2.27. The summed E-state index contributed by atoms with van der Waals surface area (Å²) in [4.78, 5) is 8.94. The van der Waals surface area contributed by atoms with Crippen LogP contribution in [0.15, 0.2) is 16.7 Å². The molecule has 3 rings (SSSR count). The SMILES string of the molecule is Clc1cc(Cl)c2nc(C3CC3)nc(Br)c2c1. The molecule has 16 heavy (non-hydrogen) atoms. The third kappa shape index (κ3) is 1.81. The van der Waals surface area contributed by atoms with Crippen LogP contribution in [-0.4, -0.2) is 9.97 Å². The van der Waals surface area contributed by atoms with Crippen LogP contribution < -0.4 is 0 Å². The Morgan fingerprint density at radius 2 is 1.94 bits per heavy atom. The van der Waals surface area contributed by atoms with E-state index in [9.17, 15) is 0 Å². The third-order valence-corrected chi connectivity index (χ3v) is 3.74. The van der Waals surface area contributed by atoms with Gasteiger partial charge in [-0.05, 0) is 40.9 Å². The molecule has 0 radical (unpaired) electrons. The summed E-state index contributed by atoms with van der Waals surface area (Å²) in [5.74, 6) is 1.39. The van der Waals surface area contributed by atoms with Crippen molar-refractivity contribution in [1.29, 1.82) is 0 Å². The standard InChI is InChI=1S/C11H7BrCl2N2/c12-10-7-3-6(13)4-8(14)9(7)15-11(16-10)5-1-2-5/h3-5H,1-2H2. The maximum atomic E-state index is 6.14. The van der Waals surface area contributed by atoms with Gasteiger partial charge in [0.1, 0.15) is 10.4 Å². The topological polar surface area (TPSA) is 25.8 Å². The van der Waals surface area contributed by atoms with Crippen LogP contribution in [0.3, 0.4) is 0 Å². The maximum Gasteiger partial charge on any atom is 0.133 e. The van der Waals surface area contributed by atoms with Crippen molar-refractivity contribution in [2.75, 3.05) is 0 Å². The Labute approximate surface area is 111 Å². The quantitative estimate of drug-likeness (QED) is 0.720. The fourth-order valence-electron chi connectivity index (χ4n) is 1.66. The molecule has 2 nitrogen and oxygen atoms in total. The average molecular weight is 318 g/mol. The highest BCUT2D eigenvalue weighted by Crippen LogP contribution is 2.40. The van der Waals surface area contributed by atoms with Crippen molar-refractivity contribution >= 4 is 50.0 Å². The molecule has 0 unspecified atom stereocenters. The smallest absolute Gasteiger partial charge is 0.133 e. The summed E-state index contributed by atoms with van der Waals surface area (Å²) in [6.07, 6.45) is 2.34. The van der Waals surface area contributed by atoms with E-state index in [1.807, 2.05) is 6.07 Å². The molecule has 1 aliphatic carbocycles. The van der Waals surface area contributed by atoms with E-state index >= 15 is 0 Å². The van der Waals surface area contributed by atoms with Crippen LogP contribution in [0.2, 0.25) is 10.0 Å². The summed E-state index contributed by atoms with van der Waals surface area (Å²) >= 11 is 15.5. The first kappa shape index (κ1) is 10.8. The first-order valence-electron chi connectivity index (χ1n) is 4.97. The molecular weight excluding hydrogens is 311 g/mol. The van der Waals surface area contributed by atoms with Gasteiger partial charge in [-0.1, -0.05) is 23.2 Å². The predicted octanol–water partition coefficient (Wildman–Crippen LogP) is 4.58. The van der Waals surface area contributed by atoms with E-state index in [2.05, 4.69) is 25.9 Å². The Bertz CT molecular complexity index is 582. The summed E-state index contributed by atoms with van der Waals surface area (Å²) in [7, 11) is 0. The monoisotopic (exact) mass is 316 g/mol. The maximum absolute atomic E-state index is 6.14. The van der Waals surface area contributed by atoms with Gasteiger partial charge in [0.15, 0.2) is 0 Å². The summed E-state index contributed by atoms with van der Waals surface area (Å²) in [5.41, 5.74) is 0.773. The van der Waals surface area contributed by atoms with Crippen molar-refractivity contribution in [2.45, 2.75) is 18.8 Å². The van der Waals surface area contributed by atoms with Gasteiger partial charge in [-0.25, -0.2) is 9.97 Å². The van der Waals surface area contributed by atoms with E-state index in [-0.39, 0.29) is 0 Å². The van der Waals surface area contributed by atoms with Crippen LogP contribution >= 0.6 is 39.1 Å². The number of hydrogen-bond donors (Lipinski definition) is 0. The van der Waals surface area contributed by atoms with Crippen molar-refractivity contribution in [2.24, 2.45) is 0 Å². The van der Waals surface area contributed by atoms with Crippen LogP contribution in [-0.2, 0) is 0 Å². The highest BCUT2D eigenvalue weighted by atomic mass is 79.9. The average Bonchev–Trinajstić information content (AvgIpc) is 3.02. The molecule has 1 heterocycles. The Hall–Kier alpha value is -0.380. The molecule has 0 aliphatic heterocycles. The minimum absolute atomic E-state index is 0.507. The molecular formula is C11H7BrCl2N2. The molecule has 82 valence electrons. The third-order valence-electron chi connectivity index (χ3n) is 2.63. The van der Waals surface area contributed by atoms with Gasteiger partial charge in [-0.15, -0.1) is 0 Å². The van der Waals surface area contributed by atoms with Gasteiger partial charge >= 0.3 is 0 Å². The fourth-order valence-corrected chi connectivity index (χ4v) is 2.68. The summed E-state index contributed by atoms with van der Waals surface area (Å²) in [6.45, 7) is 0. The van der Waals surface area contributed by atoms with Crippen molar-refractivity contribution in [3.05, 3.63) is 32.6 Å². The summed E-state index contributed by atoms with van der Waals surface area (Å²) in [5, 5.41) is 2.04. The minimum Gasteiger partial charge on any atom is -0.231 e. The van der Waals surface area contributed by atoms with Gasteiger partial charge in [0.2, 0.25) is 0 Å². The lowest BCUT2D eigenvalue weighted by Crippen LogP contribution is -1.95. The van der Waals surface area contributed by atoms with Crippen LogP contribution in [0.4, 0.5) is 0 Å². The van der Waals surface area contributed by atoms with Gasteiger partial charge < -0.3 is 0 Å². The van der Waals surface area contributed by atoms with E-state index in [1.54, 1.807) is 6.07 Å². The molecule has 0 saturated heterocycles. The number of fused-ring (bicyclic) bond motifs is 1. The summed E-state index contributed by atoms with van der Waals surface area (Å²) < 4.78 is 0.767. The highest BCUT2D eigenvalue weighted by molar-refractivity contribution is 9.10. The molecule has 0 N–H and O–H groups in total. The Balaban J connectivity index is 2.32. The number of benzene rings is 1. The lowest BCUT2D eigenvalue weighted by atomic mass is 10.2. The lowest BCUT2D eigenvalue weighted by molar-refractivity contribution is 0.938. The first-order chi connectivity index (χ1) is 7.65. The normalized spacial score (nSPS) is 15.7. The van der Waals surface area contributed by atoms with E-state index in [4.69, 9.17) is 23.2 Å². The van der Waals surface area contributed by atoms with Gasteiger partial charge in [0, 0.05) is 16.3 Å². The molecule has 5 heteroatoms. The lowest BCUT2D eigenvalue weighted by Gasteiger charge is -2.05. The number of hydrogen-bond acceptors (Lipinski definition) is 2. The second-order valence-electron chi connectivity index (χ2n) is 3.93. The van der Waals surface area contributed by atoms with Crippen molar-refractivity contribution in [3.63, 3.8) is 0 Å². The number of rotatable bonds is 1. The van der Waals surface area contributed by atoms with Crippen molar-refractivity contribution in [1.82, 2.24) is 9.97 Å². The first-order valence-corrected chi connectivity index (χ1v) is 6.52. The Morgan fingerprint density at radius 3 is 2.62 bits per heavy atom. The molecule has 1 fully saturated rings. The van der Waals surface area contributed by atoms with Gasteiger partial charge in [-0.3, -0.25) is 0 Å². The molecule has 1 aliphatic rings. The number of nitrogens with zero attached hydrogens (tertiary/aromatic N) is 2. The van der Waals surface area contributed by atoms with Gasteiger partial charge in [0.05, 0.1) is 10.5 Å². The Morgan fingerprint density at radius 1 is 1.19 bits per heavy atom. The second kappa shape index (κ2) is 3.83. The molecule has 0 amide bonds. The fraction of sp³-hybridized carbons (Fsp3) is 0.273. The second-order valence-corrected chi connectivity index (χ2v) is 5.53. The molecule has 1 aromatic carbocycles. The molecule has 0 atom stereocenters. The van der Waals surface area contributed by atoms with Crippen LogP contribution in [0.5, 0.6) is 0 Å². The molecule has 1 saturated carbocycles. The van der Waals surface area contributed by atoms with Gasteiger partial charge in [0.25, 0.3) is 0 Å².